The van der Waals surface area contributed by atoms with Gasteiger partial charge in [0.25, 0.3) is 0 Å². The van der Waals surface area contributed by atoms with Gasteiger partial charge in [-0.25, -0.2) is 0 Å². The fourth-order valence-corrected chi connectivity index (χ4v) is 1.81. The monoisotopic (exact) mass is 234 g/mol. The molecule has 2 unspecified atom stereocenters. The topological polar surface area (TPSA) is 20.2 Å². The lowest BCUT2D eigenvalue weighted by molar-refractivity contribution is -0.160. The summed E-state index contributed by atoms with van der Waals surface area (Å²) in [5.41, 5.74) is 0.953. The van der Waals surface area contributed by atoms with Crippen LogP contribution in [-0.2, 0) is 0 Å². The molecule has 0 saturated heterocycles. The summed E-state index contributed by atoms with van der Waals surface area (Å²) >= 11 is 0. The van der Waals surface area contributed by atoms with Gasteiger partial charge in [0.1, 0.15) is 0 Å². The third-order valence-corrected chi connectivity index (χ3v) is 2.91. The Morgan fingerprint density at radius 3 is 2.62 bits per heavy atom. The van der Waals surface area contributed by atoms with E-state index in [0.717, 1.165) is 12.0 Å². The van der Waals surface area contributed by atoms with E-state index in [1.54, 1.807) is 12.2 Å². The molecule has 1 nitrogen and oxygen atoms in total. The van der Waals surface area contributed by atoms with Crippen LogP contribution in [0.25, 0.3) is 0 Å². The predicted octanol–water partition coefficient (Wildman–Crippen LogP) is 3.46. The van der Waals surface area contributed by atoms with Crippen molar-refractivity contribution in [2.45, 2.75) is 32.4 Å². The van der Waals surface area contributed by atoms with E-state index in [2.05, 4.69) is 0 Å². The summed E-state index contributed by atoms with van der Waals surface area (Å²) < 4.78 is 37.1. The molecule has 0 aromatic heterocycles. The van der Waals surface area contributed by atoms with Crippen LogP contribution < -0.4 is 0 Å². The SMILES string of the molecule is CC(CCCO)C1=CCC(C(F)(F)F)C=C1. The third-order valence-electron chi connectivity index (χ3n) is 2.91. The van der Waals surface area contributed by atoms with E-state index in [1.807, 2.05) is 6.92 Å². The zero-order valence-electron chi connectivity index (χ0n) is 9.30. The van der Waals surface area contributed by atoms with E-state index in [-0.39, 0.29) is 18.9 Å². The highest BCUT2D eigenvalue weighted by molar-refractivity contribution is 5.26. The second-order valence-corrected chi connectivity index (χ2v) is 4.21. The van der Waals surface area contributed by atoms with Crippen LogP contribution in [0.15, 0.2) is 23.8 Å². The summed E-state index contributed by atoms with van der Waals surface area (Å²) in [7, 11) is 0. The largest absolute Gasteiger partial charge is 0.396 e. The van der Waals surface area contributed by atoms with Crippen molar-refractivity contribution in [2.75, 3.05) is 6.61 Å². The van der Waals surface area contributed by atoms with Gasteiger partial charge in [0.15, 0.2) is 0 Å². The minimum atomic E-state index is -4.13. The summed E-state index contributed by atoms with van der Waals surface area (Å²) in [6.07, 6.45) is 1.89. The molecule has 0 heterocycles. The van der Waals surface area contributed by atoms with Crippen LogP contribution in [0.2, 0.25) is 0 Å². The first-order valence-electron chi connectivity index (χ1n) is 5.51. The second kappa shape index (κ2) is 5.53. The molecule has 92 valence electrons. The highest BCUT2D eigenvalue weighted by Gasteiger charge is 2.37. The summed E-state index contributed by atoms with van der Waals surface area (Å²) in [5, 5.41) is 8.68. The molecule has 0 radical (unpaired) electrons. The summed E-state index contributed by atoms with van der Waals surface area (Å²) in [6.45, 7) is 2.10. The van der Waals surface area contributed by atoms with Gasteiger partial charge in [-0.15, -0.1) is 0 Å². The van der Waals surface area contributed by atoms with Crippen LogP contribution in [0.1, 0.15) is 26.2 Å². The van der Waals surface area contributed by atoms with Crippen molar-refractivity contribution >= 4 is 0 Å². The van der Waals surface area contributed by atoms with Crippen molar-refractivity contribution in [1.82, 2.24) is 0 Å². The molecule has 0 aliphatic heterocycles. The Kier molecular flexibility index (Phi) is 4.59. The molecule has 1 rings (SSSR count). The fraction of sp³-hybridized carbons (Fsp3) is 0.667. The van der Waals surface area contributed by atoms with Crippen molar-refractivity contribution in [3.63, 3.8) is 0 Å². The normalized spacial score (nSPS) is 23.1. The smallest absolute Gasteiger partial charge is 0.395 e. The molecule has 0 saturated carbocycles. The Morgan fingerprint density at radius 2 is 2.19 bits per heavy atom. The molecular weight excluding hydrogens is 217 g/mol. The molecule has 0 amide bonds. The Balaban J connectivity index is 2.51. The molecule has 1 aliphatic rings. The number of aliphatic hydroxyl groups excluding tert-OH is 1. The summed E-state index contributed by atoms with van der Waals surface area (Å²) in [6, 6.07) is 0. The molecular formula is C12H17F3O. The van der Waals surface area contributed by atoms with Crippen LogP contribution in [0, 0.1) is 11.8 Å². The maximum absolute atomic E-state index is 12.4. The summed E-state index contributed by atoms with van der Waals surface area (Å²) in [4.78, 5) is 0. The average Bonchev–Trinajstić information content (AvgIpc) is 2.25. The zero-order chi connectivity index (χ0) is 12.2. The van der Waals surface area contributed by atoms with Crippen molar-refractivity contribution in [3.8, 4) is 0 Å². The first-order valence-corrected chi connectivity index (χ1v) is 5.51. The van der Waals surface area contributed by atoms with Crippen LogP contribution in [-0.4, -0.2) is 17.9 Å². The average molecular weight is 234 g/mol. The standard InChI is InChI=1S/C12H17F3O/c1-9(3-2-8-16)10-4-6-11(7-5-10)12(13,14)15/h4-6,9,11,16H,2-3,7-8H2,1H3. The number of hydrogen-bond donors (Lipinski definition) is 1. The third kappa shape index (κ3) is 3.67. The van der Waals surface area contributed by atoms with Crippen molar-refractivity contribution in [2.24, 2.45) is 11.8 Å². The van der Waals surface area contributed by atoms with Crippen molar-refractivity contribution in [3.05, 3.63) is 23.8 Å². The Labute approximate surface area is 93.7 Å². The fourth-order valence-electron chi connectivity index (χ4n) is 1.81. The van der Waals surface area contributed by atoms with Gasteiger partial charge in [-0.3, -0.25) is 0 Å². The lowest BCUT2D eigenvalue weighted by Gasteiger charge is -2.21. The maximum atomic E-state index is 12.4. The first kappa shape index (κ1) is 13.3. The lowest BCUT2D eigenvalue weighted by atomic mass is 9.88. The van der Waals surface area contributed by atoms with E-state index in [9.17, 15) is 13.2 Å². The minimum Gasteiger partial charge on any atom is -0.396 e. The Hall–Kier alpha value is -0.770. The molecule has 0 bridgehead atoms. The molecule has 4 heteroatoms. The van der Waals surface area contributed by atoms with E-state index >= 15 is 0 Å². The van der Waals surface area contributed by atoms with Gasteiger partial charge in [-0.05, 0) is 30.8 Å². The van der Waals surface area contributed by atoms with Gasteiger partial charge in [-0.2, -0.15) is 13.2 Å². The van der Waals surface area contributed by atoms with Crippen LogP contribution in [0.3, 0.4) is 0 Å². The molecule has 1 N–H and O–H groups in total. The van der Waals surface area contributed by atoms with E-state index in [4.69, 9.17) is 5.11 Å². The van der Waals surface area contributed by atoms with Gasteiger partial charge in [0.05, 0.1) is 5.92 Å². The molecule has 0 spiro atoms. The van der Waals surface area contributed by atoms with Crippen molar-refractivity contribution in [1.29, 1.82) is 0 Å². The first-order chi connectivity index (χ1) is 7.45. The zero-order valence-corrected chi connectivity index (χ0v) is 9.30. The highest BCUT2D eigenvalue weighted by Crippen LogP contribution is 2.34. The summed E-state index contributed by atoms with van der Waals surface area (Å²) in [5.74, 6) is -1.11. The Morgan fingerprint density at radius 1 is 1.50 bits per heavy atom. The lowest BCUT2D eigenvalue weighted by Crippen LogP contribution is -2.22. The van der Waals surface area contributed by atoms with E-state index < -0.39 is 12.1 Å². The van der Waals surface area contributed by atoms with Crippen LogP contribution in [0.4, 0.5) is 13.2 Å². The van der Waals surface area contributed by atoms with Crippen LogP contribution >= 0.6 is 0 Å². The number of allylic oxidation sites excluding steroid dienone is 4. The molecule has 0 fully saturated rings. The van der Waals surface area contributed by atoms with Gasteiger partial charge in [0, 0.05) is 6.61 Å². The van der Waals surface area contributed by atoms with Gasteiger partial charge < -0.3 is 5.11 Å². The quantitative estimate of drug-likeness (QED) is 0.789. The highest BCUT2D eigenvalue weighted by atomic mass is 19.4. The van der Waals surface area contributed by atoms with E-state index in [0.29, 0.717) is 6.42 Å². The molecule has 0 aromatic carbocycles. The predicted molar refractivity (Wildman–Crippen MR) is 56.9 cm³/mol. The molecule has 1 aliphatic carbocycles. The Bertz CT molecular complexity index is 278. The number of aliphatic hydroxyl groups is 1. The molecule has 0 aromatic rings. The van der Waals surface area contributed by atoms with Gasteiger partial charge in [0.2, 0.25) is 0 Å². The molecule has 16 heavy (non-hydrogen) atoms. The number of alkyl halides is 3. The molecule has 2 atom stereocenters. The van der Waals surface area contributed by atoms with Gasteiger partial charge in [-0.1, -0.05) is 25.2 Å². The number of hydrogen-bond acceptors (Lipinski definition) is 1. The van der Waals surface area contributed by atoms with Gasteiger partial charge >= 0.3 is 6.18 Å². The number of rotatable bonds is 4. The number of halogens is 3. The van der Waals surface area contributed by atoms with Crippen molar-refractivity contribution < 1.29 is 18.3 Å². The minimum absolute atomic E-state index is 0.0405. The van der Waals surface area contributed by atoms with E-state index in [1.165, 1.54) is 6.08 Å². The van der Waals surface area contributed by atoms with Crippen LogP contribution in [0.5, 0.6) is 0 Å². The second-order valence-electron chi connectivity index (χ2n) is 4.21. The maximum Gasteiger partial charge on any atom is 0.395 e.